The lowest BCUT2D eigenvalue weighted by molar-refractivity contribution is 0.0946. The molecule has 0 fully saturated rings. The third-order valence-corrected chi connectivity index (χ3v) is 4.30. The number of nitrogens with one attached hydrogen (secondary N) is 1. The van der Waals surface area contributed by atoms with Gasteiger partial charge in [-0.05, 0) is 41.7 Å². The molecule has 1 aliphatic heterocycles. The van der Waals surface area contributed by atoms with E-state index in [1.807, 2.05) is 36.4 Å². The molecule has 102 valence electrons. The summed E-state index contributed by atoms with van der Waals surface area (Å²) in [7, 11) is 0. The summed E-state index contributed by atoms with van der Waals surface area (Å²) >= 11 is 6.60. The molecule has 3 heteroatoms. The third kappa shape index (κ3) is 2.32. The van der Waals surface area contributed by atoms with Crippen LogP contribution in [0.2, 0.25) is 0 Å². The minimum atomic E-state index is -0.226. The number of hydrogen-bond donors (Lipinski definition) is 1. The lowest BCUT2D eigenvalue weighted by Crippen LogP contribution is -2.31. The van der Waals surface area contributed by atoms with Crippen LogP contribution in [0.15, 0.2) is 42.5 Å². The Bertz CT molecular complexity index is 666. The average molecular weight is 286 g/mol. The van der Waals surface area contributed by atoms with Crippen molar-refractivity contribution in [1.29, 1.82) is 0 Å². The molecule has 1 amide bonds. The molecular weight excluding hydrogens is 270 g/mol. The van der Waals surface area contributed by atoms with Crippen molar-refractivity contribution in [3.8, 4) is 0 Å². The first kappa shape index (κ1) is 13.2. The van der Waals surface area contributed by atoms with Crippen LogP contribution in [0.25, 0.3) is 0 Å². The number of hydrogen-bond acceptors (Lipinski definition) is 1. The number of carbonyl (C=O) groups excluding carboxylic acids is 1. The van der Waals surface area contributed by atoms with Gasteiger partial charge in [0.05, 0.1) is 5.38 Å². The van der Waals surface area contributed by atoms with Crippen molar-refractivity contribution in [2.75, 3.05) is 6.54 Å². The third-order valence-electron chi connectivity index (χ3n) is 3.81. The summed E-state index contributed by atoms with van der Waals surface area (Å²) in [6, 6.07) is 14.1. The highest BCUT2D eigenvalue weighted by Gasteiger charge is 2.20. The molecular formula is C17H16ClNO. The van der Waals surface area contributed by atoms with Gasteiger partial charge in [-0.25, -0.2) is 0 Å². The number of aryl methyl sites for hydroxylation is 1. The van der Waals surface area contributed by atoms with Crippen LogP contribution in [0, 0.1) is 6.92 Å². The summed E-state index contributed by atoms with van der Waals surface area (Å²) in [6.07, 6.45) is 0.888. The molecule has 0 bridgehead atoms. The zero-order chi connectivity index (χ0) is 14.1. The van der Waals surface area contributed by atoms with Crippen LogP contribution in [0.4, 0.5) is 0 Å². The van der Waals surface area contributed by atoms with Gasteiger partial charge in [0.15, 0.2) is 0 Å². The quantitative estimate of drug-likeness (QED) is 0.839. The van der Waals surface area contributed by atoms with E-state index in [0.717, 1.165) is 34.2 Å². The Balaban J connectivity index is 2.01. The lowest BCUT2D eigenvalue weighted by Gasteiger charge is -2.19. The molecule has 1 aliphatic rings. The van der Waals surface area contributed by atoms with Gasteiger partial charge in [0, 0.05) is 12.1 Å². The number of carbonyl (C=O) groups is 1. The van der Waals surface area contributed by atoms with Gasteiger partial charge in [0.2, 0.25) is 0 Å². The molecule has 3 rings (SSSR count). The zero-order valence-electron chi connectivity index (χ0n) is 11.3. The second kappa shape index (κ2) is 5.29. The van der Waals surface area contributed by atoms with E-state index in [2.05, 4.69) is 18.3 Å². The SMILES string of the molecule is Cc1ccccc1C(Cl)c1ccc2c(c1)C(=O)NCC2. The fraction of sp³-hybridized carbons (Fsp3) is 0.235. The van der Waals surface area contributed by atoms with Crippen molar-refractivity contribution >= 4 is 17.5 Å². The fourth-order valence-electron chi connectivity index (χ4n) is 2.64. The van der Waals surface area contributed by atoms with Crippen LogP contribution >= 0.6 is 11.6 Å². The molecule has 2 aromatic carbocycles. The van der Waals surface area contributed by atoms with Crippen molar-refractivity contribution in [2.45, 2.75) is 18.7 Å². The topological polar surface area (TPSA) is 29.1 Å². The Morgan fingerprint density at radius 3 is 2.80 bits per heavy atom. The second-order valence-corrected chi connectivity index (χ2v) is 5.58. The summed E-state index contributed by atoms with van der Waals surface area (Å²) in [6.45, 7) is 2.77. The maximum absolute atomic E-state index is 11.9. The van der Waals surface area contributed by atoms with Gasteiger partial charge in [-0.15, -0.1) is 11.6 Å². The van der Waals surface area contributed by atoms with E-state index >= 15 is 0 Å². The van der Waals surface area contributed by atoms with Crippen molar-refractivity contribution in [3.05, 3.63) is 70.3 Å². The first-order chi connectivity index (χ1) is 9.66. The van der Waals surface area contributed by atoms with E-state index in [1.54, 1.807) is 0 Å². The molecule has 20 heavy (non-hydrogen) atoms. The first-order valence-corrected chi connectivity index (χ1v) is 7.21. The van der Waals surface area contributed by atoms with Crippen molar-refractivity contribution in [2.24, 2.45) is 0 Å². The van der Waals surface area contributed by atoms with Crippen LogP contribution < -0.4 is 5.32 Å². The number of benzene rings is 2. The summed E-state index contributed by atoms with van der Waals surface area (Å²) < 4.78 is 0. The number of amides is 1. The maximum Gasteiger partial charge on any atom is 0.251 e. The normalized spacial score (nSPS) is 15.4. The van der Waals surface area contributed by atoms with E-state index < -0.39 is 0 Å². The molecule has 0 saturated heterocycles. The fourth-order valence-corrected chi connectivity index (χ4v) is 3.02. The maximum atomic E-state index is 11.9. The monoisotopic (exact) mass is 285 g/mol. The van der Waals surface area contributed by atoms with Crippen molar-refractivity contribution in [3.63, 3.8) is 0 Å². The summed E-state index contributed by atoms with van der Waals surface area (Å²) in [5.74, 6) is 0.00162. The summed E-state index contributed by atoms with van der Waals surface area (Å²) in [5.41, 5.74) is 5.08. The average Bonchev–Trinajstić information content (AvgIpc) is 2.47. The van der Waals surface area contributed by atoms with Gasteiger partial charge in [-0.3, -0.25) is 4.79 Å². The number of rotatable bonds is 2. The molecule has 0 radical (unpaired) electrons. The minimum absolute atomic E-state index is 0.00162. The zero-order valence-corrected chi connectivity index (χ0v) is 12.1. The van der Waals surface area contributed by atoms with Gasteiger partial charge in [-0.2, -0.15) is 0 Å². The molecule has 1 N–H and O–H groups in total. The second-order valence-electron chi connectivity index (χ2n) is 5.14. The van der Waals surface area contributed by atoms with E-state index in [-0.39, 0.29) is 11.3 Å². The Labute approximate surface area is 123 Å². The molecule has 2 nitrogen and oxygen atoms in total. The largest absolute Gasteiger partial charge is 0.352 e. The first-order valence-electron chi connectivity index (χ1n) is 6.77. The van der Waals surface area contributed by atoms with Gasteiger partial charge < -0.3 is 5.32 Å². The lowest BCUT2D eigenvalue weighted by atomic mass is 9.94. The highest BCUT2D eigenvalue weighted by Crippen LogP contribution is 2.32. The summed E-state index contributed by atoms with van der Waals surface area (Å²) in [5, 5.41) is 2.65. The predicted molar refractivity (Wildman–Crippen MR) is 81.4 cm³/mol. The minimum Gasteiger partial charge on any atom is -0.352 e. The Morgan fingerprint density at radius 2 is 2.00 bits per heavy atom. The number of halogens is 1. The van der Waals surface area contributed by atoms with Crippen LogP contribution in [0.1, 0.15) is 38.0 Å². The van der Waals surface area contributed by atoms with Crippen LogP contribution in [0.3, 0.4) is 0 Å². The van der Waals surface area contributed by atoms with Crippen molar-refractivity contribution < 1.29 is 4.79 Å². The molecule has 0 aliphatic carbocycles. The van der Waals surface area contributed by atoms with E-state index in [1.165, 1.54) is 0 Å². The van der Waals surface area contributed by atoms with Gasteiger partial charge in [-0.1, -0.05) is 36.4 Å². The van der Waals surface area contributed by atoms with Gasteiger partial charge in [0.1, 0.15) is 0 Å². The number of alkyl halides is 1. The molecule has 0 spiro atoms. The highest BCUT2D eigenvalue weighted by atomic mass is 35.5. The van der Waals surface area contributed by atoms with E-state index in [9.17, 15) is 4.79 Å². The van der Waals surface area contributed by atoms with Crippen LogP contribution in [0.5, 0.6) is 0 Å². The van der Waals surface area contributed by atoms with Gasteiger partial charge >= 0.3 is 0 Å². The molecule has 2 aromatic rings. The van der Waals surface area contributed by atoms with Crippen LogP contribution in [-0.4, -0.2) is 12.5 Å². The Kier molecular flexibility index (Phi) is 3.49. The molecule has 0 aromatic heterocycles. The standard InChI is InChI=1S/C17H16ClNO/c1-11-4-2-3-5-14(11)16(18)13-7-6-12-8-9-19-17(20)15(12)10-13/h2-7,10,16H,8-9H2,1H3,(H,19,20). The van der Waals surface area contributed by atoms with Gasteiger partial charge in [0.25, 0.3) is 5.91 Å². The Hall–Kier alpha value is -1.80. The van der Waals surface area contributed by atoms with Crippen LogP contribution in [-0.2, 0) is 6.42 Å². The van der Waals surface area contributed by atoms with E-state index in [0.29, 0.717) is 6.54 Å². The molecule has 0 saturated carbocycles. The molecule has 1 atom stereocenters. The smallest absolute Gasteiger partial charge is 0.251 e. The predicted octanol–water partition coefficient (Wildman–Crippen LogP) is 3.61. The highest BCUT2D eigenvalue weighted by molar-refractivity contribution is 6.22. The molecule has 1 heterocycles. The number of fused-ring (bicyclic) bond motifs is 1. The molecule has 1 unspecified atom stereocenters. The van der Waals surface area contributed by atoms with E-state index in [4.69, 9.17) is 11.6 Å². The summed E-state index contributed by atoms with van der Waals surface area (Å²) in [4.78, 5) is 11.9. The Morgan fingerprint density at radius 1 is 1.20 bits per heavy atom. The van der Waals surface area contributed by atoms with Crippen molar-refractivity contribution in [1.82, 2.24) is 5.32 Å².